The Kier molecular flexibility index (Phi) is 11.4. The van der Waals surface area contributed by atoms with E-state index in [0.29, 0.717) is 19.8 Å². The van der Waals surface area contributed by atoms with Crippen molar-refractivity contribution in [2.75, 3.05) is 47.1 Å². The summed E-state index contributed by atoms with van der Waals surface area (Å²) in [6, 6.07) is 0. The fourth-order valence-corrected chi connectivity index (χ4v) is 1.30. The maximum absolute atomic E-state index is 11.1. The Balaban J connectivity index is 3.15. The van der Waals surface area contributed by atoms with Crippen molar-refractivity contribution in [2.24, 2.45) is 5.92 Å². The molecule has 0 fully saturated rings. The van der Waals surface area contributed by atoms with Crippen molar-refractivity contribution in [1.29, 1.82) is 0 Å². The molecule has 0 aromatic rings. The van der Waals surface area contributed by atoms with E-state index in [0.717, 1.165) is 26.0 Å². The first-order valence-electron chi connectivity index (χ1n) is 6.07. The summed E-state index contributed by atoms with van der Waals surface area (Å²) >= 11 is 0. The maximum atomic E-state index is 11.1. The van der Waals surface area contributed by atoms with Gasteiger partial charge in [0.25, 0.3) is 0 Å². The van der Waals surface area contributed by atoms with Gasteiger partial charge in [-0.05, 0) is 19.4 Å². The quantitative estimate of drug-likeness (QED) is 0.433. The highest BCUT2D eigenvalue weighted by Crippen LogP contribution is 1.95. The minimum atomic E-state index is -0.166. The van der Waals surface area contributed by atoms with Gasteiger partial charge >= 0.3 is 5.97 Å². The lowest BCUT2D eigenvalue weighted by Gasteiger charge is -2.10. The topological polar surface area (TPSA) is 56.8 Å². The first kappa shape index (κ1) is 16.4. The first-order valence-corrected chi connectivity index (χ1v) is 6.07. The van der Waals surface area contributed by atoms with Gasteiger partial charge in [0.05, 0.1) is 26.2 Å². The summed E-state index contributed by atoms with van der Waals surface area (Å²) in [4.78, 5) is 11.1. The van der Waals surface area contributed by atoms with Crippen LogP contribution in [0.5, 0.6) is 0 Å². The summed E-state index contributed by atoms with van der Waals surface area (Å²) in [5, 5.41) is 3.22. The van der Waals surface area contributed by atoms with Crippen LogP contribution in [0.4, 0.5) is 0 Å². The van der Waals surface area contributed by atoms with E-state index < -0.39 is 0 Å². The fraction of sp³-hybridized carbons (Fsp3) is 0.917. The molecule has 0 aliphatic rings. The Morgan fingerprint density at radius 3 is 2.59 bits per heavy atom. The summed E-state index contributed by atoms with van der Waals surface area (Å²) < 4.78 is 14.8. The highest BCUT2D eigenvalue weighted by Gasteiger charge is 2.11. The second-order valence-electron chi connectivity index (χ2n) is 3.94. The molecule has 1 unspecified atom stereocenters. The molecule has 17 heavy (non-hydrogen) atoms. The van der Waals surface area contributed by atoms with Crippen LogP contribution in [-0.2, 0) is 19.0 Å². The molecular formula is C12H25NO4. The van der Waals surface area contributed by atoms with E-state index >= 15 is 0 Å². The molecule has 0 spiro atoms. The van der Waals surface area contributed by atoms with Crippen molar-refractivity contribution in [2.45, 2.75) is 19.8 Å². The molecule has 5 nitrogen and oxygen atoms in total. The predicted octanol–water partition coefficient (Wildman–Crippen LogP) is 0.828. The Labute approximate surface area is 104 Å². The lowest BCUT2D eigenvalue weighted by Crippen LogP contribution is -2.28. The first-order chi connectivity index (χ1) is 8.22. The van der Waals surface area contributed by atoms with Gasteiger partial charge in [0.15, 0.2) is 0 Å². The maximum Gasteiger partial charge on any atom is 0.309 e. The summed E-state index contributed by atoms with van der Waals surface area (Å²) in [5.74, 6) is -0.252. The minimum absolute atomic E-state index is 0.0852. The van der Waals surface area contributed by atoms with Crippen LogP contribution in [0.15, 0.2) is 0 Å². The van der Waals surface area contributed by atoms with Crippen LogP contribution < -0.4 is 5.32 Å². The Morgan fingerprint density at radius 1 is 1.18 bits per heavy atom. The number of hydrogen-bond donors (Lipinski definition) is 1. The number of esters is 1. The molecule has 5 heteroatoms. The third-order valence-corrected chi connectivity index (χ3v) is 2.38. The molecule has 0 heterocycles. The lowest BCUT2D eigenvalue weighted by molar-refractivity contribution is -0.144. The molecule has 0 saturated heterocycles. The molecule has 0 rings (SSSR count). The number of unbranched alkanes of at least 4 members (excludes halogenated alkanes) is 1. The summed E-state index contributed by atoms with van der Waals surface area (Å²) in [7, 11) is 3.08. The number of ether oxygens (including phenoxy) is 3. The number of carbonyl (C=O) groups excluding carboxylic acids is 1. The monoisotopic (exact) mass is 247 g/mol. The molecule has 0 aliphatic carbocycles. The second kappa shape index (κ2) is 11.8. The normalized spacial score (nSPS) is 12.4. The number of hydrogen-bond acceptors (Lipinski definition) is 5. The van der Waals surface area contributed by atoms with Crippen LogP contribution in [0, 0.1) is 5.92 Å². The molecular weight excluding hydrogens is 222 g/mol. The van der Waals surface area contributed by atoms with Crippen molar-refractivity contribution in [1.82, 2.24) is 5.32 Å². The third-order valence-electron chi connectivity index (χ3n) is 2.38. The Bertz CT molecular complexity index is 187. The molecule has 0 saturated carbocycles. The smallest absolute Gasteiger partial charge is 0.309 e. The van der Waals surface area contributed by atoms with Crippen LogP contribution in [0.1, 0.15) is 19.8 Å². The summed E-state index contributed by atoms with van der Waals surface area (Å²) in [5.41, 5.74) is 0. The molecule has 0 radical (unpaired) electrons. The molecule has 0 aromatic carbocycles. The van der Waals surface area contributed by atoms with E-state index in [2.05, 4.69) is 10.1 Å². The molecule has 102 valence electrons. The van der Waals surface area contributed by atoms with Crippen molar-refractivity contribution in [3.63, 3.8) is 0 Å². The van der Waals surface area contributed by atoms with Crippen molar-refractivity contribution >= 4 is 5.97 Å². The van der Waals surface area contributed by atoms with Gasteiger partial charge in [0.2, 0.25) is 0 Å². The highest BCUT2D eigenvalue weighted by molar-refractivity contribution is 5.71. The predicted molar refractivity (Wildman–Crippen MR) is 66.0 cm³/mol. The SMILES string of the molecule is COCCOCCCCNCC(C)C(=O)OC. The molecule has 1 atom stereocenters. The average molecular weight is 247 g/mol. The zero-order valence-corrected chi connectivity index (χ0v) is 11.2. The van der Waals surface area contributed by atoms with Gasteiger partial charge in [-0.2, -0.15) is 0 Å². The van der Waals surface area contributed by atoms with E-state index in [1.54, 1.807) is 7.11 Å². The van der Waals surface area contributed by atoms with Gasteiger partial charge in [0.1, 0.15) is 0 Å². The number of rotatable bonds is 11. The molecule has 0 bridgehead atoms. The zero-order valence-electron chi connectivity index (χ0n) is 11.2. The zero-order chi connectivity index (χ0) is 12.9. The van der Waals surface area contributed by atoms with E-state index in [-0.39, 0.29) is 11.9 Å². The van der Waals surface area contributed by atoms with Crippen LogP contribution >= 0.6 is 0 Å². The lowest BCUT2D eigenvalue weighted by atomic mass is 10.2. The van der Waals surface area contributed by atoms with Gasteiger partial charge in [-0.1, -0.05) is 6.92 Å². The van der Waals surface area contributed by atoms with Gasteiger partial charge in [-0.15, -0.1) is 0 Å². The van der Waals surface area contributed by atoms with E-state index in [1.807, 2.05) is 6.92 Å². The van der Waals surface area contributed by atoms with Gasteiger partial charge in [-0.3, -0.25) is 4.79 Å². The Hall–Kier alpha value is -0.650. The van der Waals surface area contributed by atoms with Gasteiger partial charge < -0.3 is 19.5 Å². The van der Waals surface area contributed by atoms with Crippen LogP contribution in [-0.4, -0.2) is 53.1 Å². The minimum Gasteiger partial charge on any atom is -0.469 e. The molecule has 0 aliphatic heterocycles. The van der Waals surface area contributed by atoms with Crippen molar-refractivity contribution in [3.8, 4) is 0 Å². The number of nitrogens with one attached hydrogen (secondary N) is 1. The second-order valence-corrected chi connectivity index (χ2v) is 3.94. The van der Waals surface area contributed by atoms with Crippen molar-refractivity contribution < 1.29 is 19.0 Å². The van der Waals surface area contributed by atoms with E-state index in [1.165, 1.54) is 7.11 Å². The van der Waals surface area contributed by atoms with Crippen LogP contribution in [0.3, 0.4) is 0 Å². The third kappa shape index (κ3) is 10.2. The van der Waals surface area contributed by atoms with Crippen LogP contribution in [0.2, 0.25) is 0 Å². The molecule has 0 aromatic heterocycles. The van der Waals surface area contributed by atoms with E-state index in [9.17, 15) is 4.79 Å². The average Bonchev–Trinajstić information content (AvgIpc) is 2.35. The number of methoxy groups -OCH3 is 2. The van der Waals surface area contributed by atoms with Gasteiger partial charge in [0, 0.05) is 20.3 Å². The fourth-order valence-electron chi connectivity index (χ4n) is 1.30. The van der Waals surface area contributed by atoms with Gasteiger partial charge in [-0.25, -0.2) is 0 Å². The number of carbonyl (C=O) groups is 1. The van der Waals surface area contributed by atoms with E-state index in [4.69, 9.17) is 9.47 Å². The molecule has 1 N–H and O–H groups in total. The van der Waals surface area contributed by atoms with Crippen LogP contribution in [0.25, 0.3) is 0 Å². The summed E-state index contributed by atoms with van der Waals surface area (Å²) in [6.07, 6.45) is 2.06. The standard InChI is InChI=1S/C12H25NO4/c1-11(12(14)16-3)10-13-6-4-5-7-17-9-8-15-2/h11,13H,4-10H2,1-3H3. The molecule has 0 amide bonds. The van der Waals surface area contributed by atoms with Crippen molar-refractivity contribution in [3.05, 3.63) is 0 Å². The largest absolute Gasteiger partial charge is 0.469 e. The summed E-state index contributed by atoms with van der Waals surface area (Å²) in [6.45, 7) is 5.48. The highest BCUT2D eigenvalue weighted by atomic mass is 16.5. The Morgan fingerprint density at radius 2 is 1.94 bits per heavy atom.